The van der Waals surface area contributed by atoms with Crippen molar-refractivity contribution in [1.82, 2.24) is 5.32 Å². The van der Waals surface area contributed by atoms with Crippen LogP contribution in [0.4, 0.5) is 0 Å². The number of nitrogens with two attached hydrogens (primary N) is 1. The maximum Gasteiger partial charge on any atom is 0.219 e. The van der Waals surface area contributed by atoms with E-state index >= 15 is 0 Å². The number of terminal acetylenes is 1. The predicted molar refractivity (Wildman–Crippen MR) is 67.8 cm³/mol. The molecule has 0 aromatic carbocycles. The van der Waals surface area contributed by atoms with E-state index in [1.807, 2.05) is 0 Å². The Hall–Kier alpha value is -1.01. The molecule has 0 fully saturated rings. The average molecular weight is 224 g/mol. The Labute approximate surface area is 99.2 Å². The first-order valence-electron chi connectivity index (χ1n) is 6.21. The third-order valence-electron chi connectivity index (χ3n) is 2.43. The number of nitrogens with one attached hydrogen (secondary N) is 1. The van der Waals surface area contributed by atoms with E-state index in [-0.39, 0.29) is 5.91 Å². The highest BCUT2D eigenvalue weighted by atomic mass is 16.1. The van der Waals surface area contributed by atoms with Crippen molar-refractivity contribution in [3.8, 4) is 12.3 Å². The van der Waals surface area contributed by atoms with Crippen molar-refractivity contribution < 1.29 is 4.79 Å². The van der Waals surface area contributed by atoms with Crippen LogP contribution in [0.2, 0.25) is 0 Å². The Kier molecular flexibility index (Phi) is 11.3. The zero-order valence-electron chi connectivity index (χ0n) is 10.1. The van der Waals surface area contributed by atoms with Gasteiger partial charge >= 0.3 is 0 Å². The molecular formula is C13H24N2O. The summed E-state index contributed by atoms with van der Waals surface area (Å²) in [5.74, 6) is 2.75. The summed E-state index contributed by atoms with van der Waals surface area (Å²) in [7, 11) is 0. The molecule has 1 amide bonds. The average Bonchev–Trinajstić information content (AvgIpc) is 2.28. The molecule has 0 heterocycles. The molecule has 3 nitrogen and oxygen atoms in total. The SMILES string of the molecule is C#CCCCCNC(=O)CCCCCCN. The van der Waals surface area contributed by atoms with Crippen LogP contribution < -0.4 is 11.1 Å². The van der Waals surface area contributed by atoms with Gasteiger partial charge < -0.3 is 11.1 Å². The fourth-order valence-electron chi connectivity index (χ4n) is 1.45. The van der Waals surface area contributed by atoms with Crippen LogP contribution in [0.3, 0.4) is 0 Å². The molecular weight excluding hydrogens is 200 g/mol. The Bertz CT molecular complexity index is 208. The minimum absolute atomic E-state index is 0.161. The van der Waals surface area contributed by atoms with Crippen molar-refractivity contribution in [2.75, 3.05) is 13.1 Å². The van der Waals surface area contributed by atoms with Gasteiger partial charge in [0.25, 0.3) is 0 Å². The van der Waals surface area contributed by atoms with Crippen LogP contribution in [0, 0.1) is 12.3 Å². The third kappa shape index (κ3) is 11.1. The molecule has 0 saturated heterocycles. The standard InChI is InChI=1S/C13H24N2O/c1-2-3-4-9-12-15-13(16)10-7-5-6-8-11-14/h1H,3-12,14H2,(H,15,16). The highest BCUT2D eigenvalue weighted by Crippen LogP contribution is 2.02. The summed E-state index contributed by atoms with van der Waals surface area (Å²) in [4.78, 5) is 11.3. The maximum absolute atomic E-state index is 11.3. The van der Waals surface area contributed by atoms with E-state index < -0.39 is 0 Å². The molecule has 0 bridgehead atoms. The molecule has 0 rings (SSSR count). The number of carbonyl (C=O) groups is 1. The molecule has 0 aromatic heterocycles. The van der Waals surface area contributed by atoms with Gasteiger partial charge in [-0.15, -0.1) is 12.3 Å². The second kappa shape index (κ2) is 12.1. The van der Waals surface area contributed by atoms with E-state index in [1.54, 1.807) is 0 Å². The number of amides is 1. The van der Waals surface area contributed by atoms with Crippen LogP contribution in [0.15, 0.2) is 0 Å². The number of rotatable bonds is 10. The molecule has 0 saturated carbocycles. The molecule has 0 spiro atoms. The van der Waals surface area contributed by atoms with Gasteiger partial charge in [0.15, 0.2) is 0 Å². The van der Waals surface area contributed by atoms with E-state index in [4.69, 9.17) is 12.2 Å². The Morgan fingerprint density at radius 3 is 2.56 bits per heavy atom. The predicted octanol–water partition coefficient (Wildman–Crippen LogP) is 1.82. The van der Waals surface area contributed by atoms with E-state index in [0.717, 1.165) is 58.0 Å². The molecule has 0 aliphatic carbocycles. The Morgan fingerprint density at radius 2 is 1.88 bits per heavy atom. The smallest absolute Gasteiger partial charge is 0.219 e. The summed E-state index contributed by atoms with van der Waals surface area (Å²) >= 11 is 0. The van der Waals surface area contributed by atoms with Crippen molar-refractivity contribution in [2.45, 2.75) is 51.4 Å². The van der Waals surface area contributed by atoms with E-state index in [9.17, 15) is 4.79 Å². The van der Waals surface area contributed by atoms with Crippen molar-refractivity contribution in [1.29, 1.82) is 0 Å². The summed E-state index contributed by atoms with van der Waals surface area (Å²) in [5, 5.41) is 2.90. The minimum atomic E-state index is 0.161. The van der Waals surface area contributed by atoms with Crippen LogP contribution in [-0.4, -0.2) is 19.0 Å². The van der Waals surface area contributed by atoms with Crippen LogP contribution in [-0.2, 0) is 4.79 Å². The van der Waals surface area contributed by atoms with Gasteiger partial charge in [-0.1, -0.05) is 12.8 Å². The zero-order chi connectivity index (χ0) is 12.1. The first-order chi connectivity index (χ1) is 7.81. The van der Waals surface area contributed by atoms with E-state index in [1.165, 1.54) is 0 Å². The van der Waals surface area contributed by atoms with E-state index in [2.05, 4.69) is 11.2 Å². The van der Waals surface area contributed by atoms with Gasteiger partial charge in [-0.25, -0.2) is 0 Å². The molecule has 0 aromatic rings. The quantitative estimate of drug-likeness (QED) is 0.439. The fraction of sp³-hybridized carbons (Fsp3) is 0.769. The second-order valence-electron chi connectivity index (χ2n) is 3.96. The van der Waals surface area contributed by atoms with Crippen molar-refractivity contribution in [3.63, 3.8) is 0 Å². The van der Waals surface area contributed by atoms with Gasteiger partial charge in [0, 0.05) is 19.4 Å². The lowest BCUT2D eigenvalue weighted by Crippen LogP contribution is -2.23. The molecule has 0 radical (unpaired) electrons. The van der Waals surface area contributed by atoms with Crippen LogP contribution in [0.5, 0.6) is 0 Å². The summed E-state index contributed by atoms with van der Waals surface area (Å²) < 4.78 is 0. The van der Waals surface area contributed by atoms with Crippen LogP contribution >= 0.6 is 0 Å². The maximum atomic E-state index is 11.3. The summed E-state index contributed by atoms with van der Waals surface area (Å²) in [6.07, 6.45) is 12.8. The van der Waals surface area contributed by atoms with Crippen molar-refractivity contribution >= 4 is 5.91 Å². The van der Waals surface area contributed by atoms with Crippen molar-refractivity contribution in [3.05, 3.63) is 0 Å². The van der Waals surface area contributed by atoms with Gasteiger partial charge in [0.1, 0.15) is 0 Å². The molecule has 0 aliphatic heterocycles. The number of unbranched alkanes of at least 4 members (excludes halogenated alkanes) is 5. The first-order valence-corrected chi connectivity index (χ1v) is 6.21. The lowest BCUT2D eigenvalue weighted by atomic mass is 10.1. The molecule has 3 N–H and O–H groups in total. The second-order valence-corrected chi connectivity index (χ2v) is 3.96. The minimum Gasteiger partial charge on any atom is -0.356 e. The summed E-state index contributed by atoms with van der Waals surface area (Å²) in [6, 6.07) is 0. The van der Waals surface area contributed by atoms with Gasteiger partial charge in [0.05, 0.1) is 0 Å². The topological polar surface area (TPSA) is 55.1 Å². The van der Waals surface area contributed by atoms with Gasteiger partial charge in [-0.3, -0.25) is 4.79 Å². The van der Waals surface area contributed by atoms with Crippen LogP contribution in [0.1, 0.15) is 51.4 Å². The number of carbonyl (C=O) groups excluding carboxylic acids is 1. The summed E-state index contributed by atoms with van der Waals surface area (Å²) in [5.41, 5.74) is 5.38. The molecule has 92 valence electrons. The Balaban J connectivity index is 3.16. The fourth-order valence-corrected chi connectivity index (χ4v) is 1.45. The number of hydrogen-bond donors (Lipinski definition) is 2. The molecule has 16 heavy (non-hydrogen) atoms. The summed E-state index contributed by atoms with van der Waals surface area (Å²) in [6.45, 7) is 1.50. The first kappa shape index (κ1) is 15.0. The van der Waals surface area contributed by atoms with Gasteiger partial charge in [-0.05, 0) is 32.2 Å². The van der Waals surface area contributed by atoms with Gasteiger partial charge in [0.2, 0.25) is 5.91 Å². The lowest BCUT2D eigenvalue weighted by molar-refractivity contribution is -0.121. The normalized spacial score (nSPS) is 9.75. The van der Waals surface area contributed by atoms with E-state index in [0.29, 0.717) is 6.42 Å². The molecule has 0 unspecified atom stereocenters. The largest absolute Gasteiger partial charge is 0.356 e. The highest BCUT2D eigenvalue weighted by molar-refractivity contribution is 5.75. The van der Waals surface area contributed by atoms with Gasteiger partial charge in [-0.2, -0.15) is 0 Å². The Morgan fingerprint density at radius 1 is 1.12 bits per heavy atom. The van der Waals surface area contributed by atoms with Crippen LogP contribution in [0.25, 0.3) is 0 Å². The highest BCUT2D eigenvalue weighted by Gasteiger charge is 1.99. The molecule has 0 atom stereocenters. The van der Waals surface area contributed by atoms with Crippen molar-refractivity contribution in [2.24, 2.45) is 5.73 Å². The monoisotopic (exact) mass is 224 g/mol. The lowest BCUT2D eigenvalue weighted by Gasteiger charge is -2.04. The molecule has 0 aliphatic rings. The molecule has 3 heteroatoms. The zero-order valence-corrected chi connectivity index (χ0v) is 10.1. The number of hydrogen-bond acceptors (Lipinski definition) is 2. The third-order valence-corrected chi connectivity index (χ3v) is 2.43.